The summed E-state index contributed by atoms with van der Waals surface area (Å²) >= 11 is 0. The van der Waals surface area contributed by atoms with Crippen LogP contribution in [-0.4, -0.2) is 14.5 Å². The Bertz CT molecular complexity index is 3610. The van der Waals surface area contributed by atoms with Gasteiger partial charge in [-0.25, -0.2) is 9.97 Å². The van der Waals surface area contributed by atoms with E-state index < -0.39 is 0 Å². The molecule has 0 unspecified atom stereocenters. The van der Waals surface area contributed by atoms with E-state index in [0.29, 0.717) is 5.82 Å². The third kappa shape index (κ3) is 6.06. The molecular formula is C58H37N3. The third-order valence-electron chi connectivity index (χ3n) is 12.2. The quantitative estimate of drug-likeness (QED) is 0.168. The molecule has 0 radical (unpaired) electrons. The van der Waals surface area contributed by atoms with Crippen LogP contribution >= 0.6 is 0 Å². The zero-order valence-corrected chi connectivity index (χ0v) is 33.2. The highest BCUT2D eigenvalue weighted by molar-refractivity contribution is 6.18. The predicted molar refractivity (Wildman–Crippen MR) is 256 cm³/mol. The van der Waals surface area contributed by atoms with Crippen LogP contribution in [-0.2, 0) is 0 Å². The minimum absolute atomic E-state index is 0.691. The van der Waals surface area contributed by atoms with Crippen molar-refractivity contribution in [1.29, 1.82) is 0 Å². The number of fused-ring (bicyclic) bond motifs is 6. The van der Waals surface area contributed by atoms with Crippen LogP contribution in [0.4, 0.5) is 0 Å². The van der Waals surface area contributed by atoms with E-state index >= 15 is 0 Å². The highest BCUT2D eigenvalue weighted by Gasteiger charge is 2.18. The summed E-state index contributed by atoms with van der Waals surface area (Å²) in [5, 5.41) is 8.40. The molecule has 0 fully saturated rings. The fourth-order valence-electron chi connectivity index (χ4n) is 9.13. The Hall–Kier alpha value is -8.14. The minimum Gasteiger partial charge on any atom is -0.309 e. The average molecular weight is 776 g/mol. The van der Waals surface area contributed by atoms with Gasteiger partial charge in [0.15, 0.2) is 5.82 Å². The van der Waals surface area contributed by atoms with Crippen LogP contribution in [0.3, 0.4) is 0 Å². The first kappa shape index (κ1) is 34.9. The largest absolute Gasteiger partial charge is 0.309 e. The summed E-state index contributed by atoms with van der Waals surface area (Å²) in [4.78, 5) is 10.6. The van der Waals surface area contributed by atoms with Gasteiger partial charge >= 0.3 is 0 Å². The molecule has 2 aromatic heterocycles. The molecule has 0 N–H and O–H groups in total. The lowest BCUT2D eigenvalue weighted by atomic mass is 9.97. The second-order valence-corrected chi connectivity index (χ2v) is 15.8. The van der Waals surface area contributed by atoms with Gasteiger partial charge in [0.25, 0.3) is 0 Å². The van der Waals surface area contributed by atoms with Gasteiger partial charge in [-0.05, 0) is 116 Å². The molecule has 3 nitrogen and oxygen atoms in total. The van der Waals surface area contributed by atoms with Crippen molar-refractivity contribution in [3.05, 3.63) is 224 Å². The molecule has 2 heterocycles. The van der Waals surface area contributed by atoms with Gasteiger partial charge in [-0.1, -0.05) is 164 Å². The van der Waals surface area contributed by atoms with E-state index in [4.69, 9.17) is 9.97 Å². The van der Waals surface area contributed by atoms with Gasteiger partial charge in [0, 0.05) is 33.0 Å². The Labute approximate surface area is 353 Å². The van der Waals surface area contributed by atoms with Crippen LogP contribution in [0.2, 0.25) is 0 Å². The van der Waals surface area contributed by atoms with E-state index in [0.717, 1.165) is 44.5 Å². The molecule has 0 saturated heterocycles. The van der Waals surface area contributed by atoms with E-state index in [-0.39, 0.29) is 0 Å². The van der Waals surface area contributed by atoms with Gasteiger partial charge in [0.1, 0.15) is 0 Å². The lowest BCUT2D eigenvalue weighted by Gasteiger charge is -2.13. The summed E-state index contributed by atoms with van der Waals surface area (Å²) in [6, 6.07) is 80.5. The summed E-state index contributed by atoms with van der Waals surface area (Å²) in [5.74, 6) is 0.691. The standard InChI is InChI=1S/C58H37N3/c1-3-12-38(13-4-1)40-22-25-42(26-23-40)57-51-33-30-48(47-27-24-39-14-7-8-17-44(39)34-47)36-53(51)59-58(60-57)43-28-31-49(32-29-43)61-54-21-11-20-50(41-15-5-2-6-16-41)56(54)52-35-45-18-9-10-19-46(45)37-55(52)61/h1-37H. The summed E-state index contributed by atoms with van der Waals surface area (Å²) in [7, 11) is 0. The van der Waals surface area contributed by atoms with Crippen LogP contribution in [0.1, 0.15) is 0 Å². The molecule has 12 rings (SSSR count). The van der Waals surface area contributed by atoms with Crippen molar-refractivity contribution in [2.75, 3.05) is 0 Å². The van der Waals surface area contributed by atoms with E-state index in [1.165, 1.54) is 65.6 Å². The normalized spacial score (nSPS) is 11.6. The zero-order valence-electron chi connectivity index (χ0n) is 33.2. The maximum Gasteiger partial charge on any atom is 0.160 e. The van der Waals surface area contributed by atoms with Crippen molar-refractivity contribution in [3.63, 3.8) is 0 Å². The van der Waals surface area contributed by atoms with E-state index in [2.05, 4.69) is 229 Å². The van der Waals surface area contributed by atoms with E-state index in [1.54, 1.807) is 0 Å². The van der Waals surface area contributed by atoms with Crippen molar-refractivity contribution in [2.45, 2.75) is 0 Å². The molecule has 0 aliphatic carbocycles. The molecule has 0 aliphatic heterocycles. The maximum absolute atomic E-state index is 5.34. The number of aromatic nitrogens is 3. The monoisotopic (exact) mass is 775 g/mol. The van der Waals surface area contributed by atoms with Gasteiger partial charge in [-0.3, -0.25) is 0 Å². The molecule has 0 amide bonds. The van der Waals surface area contributed by atoms with Crippen LogP contribution in [0.25, 0.3) is 116 Å². The average Bonchev–Trinajstić information content (AvgIpc) is 3.66. The van der Waals surface area contributed by atoms with Crippen LogP contribution in [0, 0.1) is 0 Å². The van der Waals surface area contributed by atoms with Crippen molar-refractivity contribution >= 4 is 54.3 Å². The fraction of sp³-hybridized carbons (Fsp3) is 0. The van der Waals surface area contributed by atoms with Crippen molar-refractivity contribution in [3.8, 4) is 61.7 Å². The smallest absolute Gasteiger partial charge is 0.160 e. The van der Waals surface area contributed by atoms with Gasteiger partial charge in [0.2, 0.25) is 0 Å². The molecule has 61 heavy (non-hydrogen) atoms. The summed E-state index contributed by atoms with van der Waals surface area (Å²) in [5.41, 5.74) is 14.3. The topological polar surface area (TPSA) is 30.7 Å². The van der Waals surface area contributed by atoms with Crippen LogP contribution < -0.4 is 0 Å². The second-order valence-electron chi connectivity index (χ2n) is 15.8. The maximum atomic E-state index is 5.34. The Balaban J connectivity index is 1.02. The van der Waals surface area contributed by atoms with E-state index in [1.807, 2.05) is 0 Å². The van der Waals surface area contributed by atoms with Gasteiger partial charge < -0.3 is 4.57 Å². The number of rotatable bonds is 6. The zero-order chi connectivity index (χ0) is 40.3. The van der Waals surface area contributed by atoms with Gasteiger partial charge in [-0.15, -0.1) is 0 Å². The van der Waals surface area contributed by atoms with Gasteiger partial charge in [0.05, 0.1) is 22.2 Å². The lowest BCUT2D eigenvalue weighted by molar-refractivity contribution is 1.17. The summed E-state index contributed by atoms with van der Waals surface area (Å²) in [6.45, 7) is 0. The molecule has 0 saturated carbocycles. The number of hydrogen-bond donors (Lipinski definition) is 0. The fourth-order valence-corrected chi connectivity index (χ4v) is 9.13. The lowest BCUT2D eigenvalue weighted by Crippen LogP contribution is -1.97. The van der Waals surface area contributed by atoms with Crippen LogP contribution in [0.5, 0.6) is 0 Å². The molecule has 0 spiro atoms. The molecule has 0 bridgehead atoms. The molecule has 3 heteroatoms. The highest BCUT2D eigenvalue weighted by Crippen LogP contribution is 2.41. The van der Waals surface area contributed by atoms with Gasteiger partial charge in [-0.2, -0.15) is 0 Å². The van der Waals surface area contributed by atoms with Crippen molar-refractivity contribution in [1.82, 2.24) is 14.5 Å². The molecule has 0 atom stereocenters. The number of nitrogens with zero attached hydrogens (tertiary/aromatic N) is 3. The Kier molecular flexibility index (Phi) is 8.17. The van der Waals surface area contributed by atoms with Crippen molar-refractivity contribution < 1.29 is 0 Å². The first-order valence-electron chi connectivity index (χ1n) is 20.8. The predicted octanol–water partition coefficient (Wildman–Crippen LogP) is 15.4. The number of hydrogen-bond acceptors (Lipinski definition) is 2. The third-order valence-corrected chi connectivity index (χ3v) is 12.2. The van der Waals surface area contributed by atoms with E-state index in [9.17, 15) is 0 Å². The second kappa shape index (κ2) is 14.3. The van der Waals surface area contributed by atoms with Crippen LogP contribution in [0.15, 0.2) is 224 Å². The Morgan fingerprint density at radius 3 is 1.64 bits per heavy atom. The summed E-state index contributed by atoms with van der Waals surface area (Å²) < 4.78 is 2.41. The first-order valence-corrected chi connectivity index (χ1v) is 20.8. The van der Waals surface area contributed by atoms with Crippen molar-refractivity contribution in [2.24, 2.45) is 0 Å². The molecule has 0 aliphatic rings. The molecule has 12 aromatic rings. The summed E-state index contributed by atoms with van der Waals surface area (Å²) in [6.07, 6.45) is 0. The SMILES string of the molecule is c1ccc(-c2ccc(-c3nc(-c4ccc(-n5c6cc7ccccc7cc6c6c(-c7ccccc7)cccc65)cc4)nc4cc(-c5ccc6ccccc6c5)ccc34)cc2)cc1. The first-order chi connectivity index (χ1) is 30.2. The molecular weight excluding hydrogens is 739 g/mol. The Morgan fingerprint density at radius 2 is 0.885 bits per heavy atom. The highest BCUT2D eigenvalue weighted by atomic mass is 15.0. The molecule has 10 aromatic carbocycles. The number of benzene rings is 10. The Morgan fingerprint density at radius 1 is 0.311 bits per heavy atom. The molecule has 284 valence electrons. The minimum atomic E-state index is 0.691.